The Kier molecular flexibility index (Phi) is 5.02. The maximum absolute atomic E-state index is 5.33. The van der Waals surface area contributed by atoms with E-state index in [0.717, 1.165) is 5.11 Å². The zero-order valence-corrected chi connectivity index (χ0v) is 10.9. The third kappa shape index (κ3) is 4.05. The molecule has 1 aliphatic carbocycles. The molecule has 82 valence electrons. The van der Waals surface area contributed by atoms with Gasteiger partial charge in [0.1, 0.15) is 0 Å². The van der Waals surface area contributed by atoms with Crippen LogP contribution in [0.3, 0.4) is 0 Å². The van der Waals surface area contributed by atoms with Crippen LogP contribution in [0, 0.1) is 0 Å². The number of rotatable bonds is 5. The first-order chi connectivity index (χ1) is 6.65. The van der Waals surface area contributed by atoms with Crippen molar-refractivity contribution < 1.29 is 0 Å². The van der Waals surface area contributed by atoms with Crippen LogP contribution < -0.4 is 5.32 Å². The molecule has 0 aromatic heterocycles. The summed E-state index contributed by atoms with van der Waals surface area (Å²) in [5.74, 6) is 1.21. The lowest BCUT2D eigenvalue weighted by atomic mass is 10.2. The first-order valence-corrected chi connectivity index (χ1v) is 6.97. The van der Waals surface area contributed by atoms with Crippen molar-refractivity contribution in [2.75, 3.05) is 19.1 Å². The number of nitrogens with zero attached hydrogens (tertiary/aromatic N) is 1. The Balaban J connectivity index is 2.22. The van der Waals surface area contributed by atoms with Crippen LogP contribution in [0.2, 0.25) is 0 Å². The summed E-state index contributed by atoms with van der Waals surface area (Å²) in [6.45, 7) is 2.23. The summed E-state index contributed by atoms with van der Waals surface area (Å²) >= 11 is 7.22. The van der Waals surface area contributed by atoms with Crippen LogP contribution in [0.1, 0.15) is 26.2 Å². The van der Waals surface area contributed by atoms with Crippen LogP contribution in [-0.4, -0.2) is 41.2 Å². The topological polar surface area (TPSA) is 15.3 Å². The van der Waals surface area contributed by atoms with E-state index in [-0.39, 0.29) is 0 Å². The van der Waals surface area contributed by atoms with Crippen LogP contribution in [0.4, 0.5) is 0 Å². The van der Waals surface area contributed by atoms with Crippen molar-refractivity contribution in [2.45, 2.75) is 38.3 Å². The summed E-state index contributed by atoms with van der Waals surface area (Å²) in [6.07, 6.45) is 5.91. The standard InChI is InChI=1S/C10H20N2S2/c1-8(6-7-14-3)12(2)10(13)11-9-4-5-9/h8-9H,4-7H2,1-3H3,(H,11,13). The number of thioether (sulfide) groups is 1. The van der Waals surface area contributed by atoms with Gasteiger partial charge in [-0.15, -0.1) is 0 Å². The molecule has 0 amide bonds. The molecule has 0 radical (unpaired) electrons. The molecule has 14 heavy (non-hydrogen) atoms. The second-order valence-corrected chi connectivity index (χ2v) is 5.34. The van der Waals surface area contributed by atoms with Gasteiger partial charge in [-0.1, -0.05) is 0 Å². The van der Waals surface area contributed by atoms with Gasteiger partial charge in [0.05, 0.1) is 0 Å². The van der Waals surface area contributed by atoms with E-state index in [4.69, 9.17) is 12.2 Å². The Morgan fingerprint density at radius 3 is 2.79 bits per heavy atom. The Hall–Kier alpha value is 0.0400. The number of hydrogen-bond acceptors (Lipinski definition) is 2. The molecule has 1 unspecified atom stereocenters. The molecule has 2 nitrogen and oxygen atoms in total. The van der Waals surface area contributed by atoms with Crippen molar-refractivity contribution in [1.29, 1.82) is 0 Å². The minimum Gasteiger partial charge on any atom is -0.360 e. The second-order valence-electron chi connectivity index (χ2n) is 3.97. The molecule has 1 saturated carbocycles. The highest BCUT2D eigenvalue weighted by Gasteiger charge is 2.23. The fraction of sp³-hybridized carbons (Fsp3) is 0.900. The van der Waals surface area contributed by atoms with E-state index in [2.05, 4.69) is 30.4 Å². The summed E-state index contributed by atoms with van der Waals surface area (Å²) < 4.78 is 0. The van der Waals surface area contributed by atoms with E-state index in [1.54, 1.807) is 0 Å². The summed E-state index contributed by atoms with van der Waals surface area (Å²) in [4.78, 5) is 2.18. The van der Waals surface area contributed by atoms with Crippen molar-refractivity contribution in [1.82, 2.24) is 10.2 Å². The van der Waals surface area contributed by atoms with Gasteiger partial charge in [0.15, 0.2) is 5.11 Å². The van der Waals surface area contributed by atoms with Crippen LogP contribution in [-0.2, 0) is 0 Å². The van der Waals surface area contributed by atoms with Gasteiger partial charge in [-0.3, -0.25) is 0 Å². The molecule has 0 aliphatic heterocycles. The van der Waals surface area contributed by atoms with Gasteiger partial charge in [0, 0.05) is 19.1 Å². The van der Waals surface area contributed by atoms with E-state index >= 15 is 0 Å². The third-order valence-electron chi connectivity index (χ3n) is 2.63. The van der Waals surface area contributed by atoms with Crippen LogP contribution in [0.25, 0.3) is 0 Å². The smallest absolute Gasteiger partial charge is 0.169 e. The average Bonchev–Trinajstić information content (AvgIpc) is 2.96. The zero-order valence-electron chi connectivity index (χ0n) is 9.25. The number of nitrogens with one attached hydrogen (secondary N) is 1. The quantitative estimate of drug-likeness (QED) is 0.730. The monoisotopic (exact) mass is 232 g/mol. The molecule has 1 aliphatic rings. The largest absolute Gasteiger partial charge is 0.360 e. The van der Waals surface area contributed by atoms with E-state index in [9.17, 15) is 0 Å². The van der Waals surface area contributed by atoms with Crippen molar-refractivity contribution in [3.63, 3.8) is 0 Å². The predicted molar refractivity (Wildman–Crippen MR) is 69.0 cm³/mol. The molecule has 1 N–H and O–H groups in total. The minimum absolute atomic E-state index is 0.543. The Labute approximate surface area is 96.8 Å². The van der Waals surface area contributed by atoms with Crippen LogP contribution >= 0.6 is 24.0 Å². The van der Waals surface area contributed by atoms with Gasteiger partial charge in [-0.05, 0) is 50.4 Å². The molecule has 1 fully saturated rings. The molecule has 0 saturated heterocycles. The first kappa shape index (κ1) is 12.1. The molecule has 0 heterocycles. The Morgan fingerprint density at radius 2 is 2.29 bits per heavy atom. The van der Waals surface area contributed by atoms with E-state index in [0.29, 0.717) is 12.1 Å². The van der Waals surface area contributed by atoms with Crippen LogP contribution in [0.5, 0.6) is 0 Å². The highest BCUT2D eigenvalue weighted by Crippen LogP contribution is 2.19. The van der Waals surface area contributed by atoms with Gasteiger partial charge in [0.2, 0.25) is 0 Å². The molecular weight excluding hydrogens is 212 g/mol. The fourth-order valence-corrected chi connectivity index (χ4v) is 2.11. The van der Waals surface area contributed by atoms with Gasteiger partial charge in [-0.25, -0.2) is 0 Å². The fourth-order valence-electron chi connectivity index (χ4n) is 1.19. The highest BCUT2D eigenvalue weighted by atomic mass is 32.2. The molecule has 1 rings (SSSR count). The predicted octanol–water partition coefficient (Wildman–Crippen LogP) is 2.10. The lowest BCUT2D eigenvalue weighted by Gasteiger charge is -2.27. The van der Waals surface area contributed by atoms with Gasteiger partial charge in [0.25, 0.3) is 0 Å². The van der Waals surface area contributed by atoms with Gasteiger partial charge in [-0.2, -0.15) is 11.8 Å². The molecule has 0 aromatic carbocycles. The summed E-state index contributed by atoms with van der Waals surface area (Å²) in [5.41, 5.74) is 0. The van der Waals surface area contributed by atoms with Crippen molar-refractivity contribution in [3.8, 4) is 0 Å². The lowest BCUT2D eigenvalue weighted by Crippen LogP contribution is -2.43. The number of thiocarbonyl (C=S) groups is 1. The van der Waals surface area contributed by atoms with Gasteiger partial charge < -0.3 is 10.2 Å². The summed E-state index contributed by atoms with van der Waals surface area (Å²) in [6, 6.07) is 1.21. The SMILES string of the molecule is CSCCC(C)N(C)C(=S)NC1CC1. The van der Waals surface area contributed by atoms with E-state index in [1.807, 2.05) is 11.8 Å². The molecule has 0 spiro atoms. The third-order valence-corrected chi connectivity index (χ3v) is 3.68. The maximum atomic E-state index is 5.33. The van der Waals surface area contributed by atoms with Crippen molar-refractivity contribution in [3.05, 3.63) is 0 Å². The first-order valence-electron chi connectivity index (χ1n) is 5.17. The molecule has 0 bridgehead atoms. The molecular formula is C10H20N2S2. The highest BCUT2D eigenvalue weighted by molar-refractivity contribution is 7.98. The minimum atomic E-state index is 0.543. The average molecular weight is 232 g/mol. The molecule has 4 heteroatoms. The normalized spacial score (nSPS) is 17.6. The summed E-state index contributed by atoms with van der Waals surface area (Å²) in [5, 5.41) is 4.28. The van der Waals surface area contributed by atoms with E-state index < -0.39 is 0 Å². The zero-order chi connectivity index (χ0) is 10.6. The number of hydrogen-bond donors (Lipinski definition) is 1. The van der Waals surface area contributed by atoms with Crippen molar-refractivity contribution >= 4 is 29.1 Å². The van der Waals surface area contributed by atoms with Crippen LogP contribution in [0.15, 0.2) is 0 Å². The lowest BCUT2D eigenvalue weighted by molar-refractivity contribution is 0.377. The second kappa shape index (κ2) is 5.81. The maximum Gasteiger partial charge on any atom is 0.169 e. The molecule has 1 atom stereocenters. The Morgan fingerprint density at radius 1 is 1.64 bits per heavy atom. The van der Waals surface area contributed by atoms with Crippen molar-refractivity contribution in [2.24, 2.45) is 0 Å². The summed E-state index contributed by atoms with van der Waals surface area (Å²) in [7, 11) is 2.09. The van der Waals surface area contributed by atoms with E-state index in [1.165, 1.54) is 25.0 Å². The molecule has 0 aromatic rings. The Bertz CT molecular complexity index is 193. The van der Waals surface area contributed by atoms with Gasteiger partial charge >= 0.3 is 0 Å².